The fourth-order valence-corrected chi connectivity index (χ4v) is 3.63. The van der Waals surface area contributed by atoms with Gasteiger partial charge in [-0.25, -0.2) is 0 Å². The maximum absolute atomic E-state index is 12.9. The van der Waals surface area contributed by atoms with Gasteiger partial charge in [0.15, 0.2) is 0 Å². The van der Waals surface area contributed by atoms with E-state index >= 15 is 0 Å². The first-order valence-corrected chi connectivity index (χ1v) is 11.7. The van der Waals surface area contributed by atoms with Crippen LogP contribution in [0.3, 0.4) is 0 Å². The van der Waals surface area contributed by atoms with E-state index in [4.69, 9.17) is 9.98 Å². The van der Waals surface area contributed by atoms with Gasteiger partial charge in [-0.2, -0.15) is 0 Å². The summed E-state index contributed by atoms with van der Waals surface area (Å²) in [5, 5.41) is 0. The lowest BCUT2D eigenvalue weighted by Gasteiger charge is -2.18. The number of hydrogen-bond donors (Lipinski definition) is 0. The van der Waals surface area contributed by atoms with E-state index in [-0.39, 0.29) is 23.7 Å². The lowest BCUT2D eigenvalue weighted by molar-refractivity contribution is 0.0821. The number of rotatable bonds is 7. The van der Waals surface area contributed by atoms with Crippen LogP contribution in [0, 0.1) is 0 Å². The number of amides is 2. The Morgan fingerprint density at radius 1 is 0.647 bits per heavy atom. The van der Waals surface area contributed by atoms with Gasteiger partial charge in [0, 0.05) is 28.2 Å². The molecule has 0 N–H and O–H groups in total. The molecule has 0 fully saturated rings. The van der Waals surface area contributed by atoms with Crippen molar-refractivity contribution in [1.82, 2.24) is 9.80 Å². The Morgan fingerprint density at radius 2 is 0.971 bits per heavy atom. The van der Waals surface area contributed by atoms with Gasteiger partial charge in [0.25, 0.3) is 11.8 Å². The molecule has 0 atom stereocenters. The fourth-order valence-electron chi connectivity index (χ4n) is 3.63. The second kappa shape index (κ2) is 11.2. The minimum atomic E-state index is -0.0901. The number of carbonyl (C=O) groups is 2. The van der Waals surface area contributed by atoms with Crippen LogP contribution in [0.1, 0.15) is 85.2 Å². The summed E-state index contributed by atoms with van der Waals surface area (Å²) in [5.74, 6) is 0.217. The van der Waals surface area contributed by atoms with Crippen LogP contribution in [0.25, 0.3) is 0 Å². The van der Waals surface area contributed by atoms with Gasteiger partial charge in [-0.3, -0.25) is 19.6 Å². The highest BCUT2D eigenvalue weighted by Crippen LogP contribution is 2.33. The molecule has 34 heavy (non-hydrogen) atoms. The molecule has 2 aromatic rings. The summed E-state index contributed by atoms with van der Waals surface area (Å²) in [7, 11) is 6.96. The molecular formula is C28H38N4O2. The van der Waals surface area contributed by atoms with Gasteiger partial charge in [-0.1, -0.05) is 52.0 Å². The first-order chi connectivity index (χ1) is 15.9. The molecule has 0 aliphatic heterocycles. The largest absolute Gasteiger partial charge is 0.345 e. The molecule has 182 valence electrons. The van der Waals surface area contributed by atoms with Gasteiger partial charge in [0.2, 0.25) is 0 Å². The highest BCUT2D eigenvalue weighted by atomic mass is 16.2. The van der Waals surface area contributed by atoms with Gasteiger partial charge in [-0.05, 0) is 48.9 Å². The van der Waals surface area contributed by atoms with Crippen molar-refractivity contribution in [2.24, 2.45) is 9.98 Å². The van der Waals surface area contributed by atoms with Crippen LogP contribution in [0.15, 0.2) is 46.4 Å². The molecule has 0 saturated heterocycles. The number of aliphatic imine (C=N–C) groups is 2. The Balaban J connectivity index is 2.71. The normalized spacial score (nSPS) is 12.4. The van der Waals surface area contributed by atoms with Crippen LogP contribution in [0.5, 0.6) is 0 Å². The predicted octanol–water partition coefficient (Wildman–Crippen LogP) is 6.22. The van der Waals surface area contributed by atoms with E-state index in [1.165, 1.54) is 0 Å². The Bertz CT molecular complexity index is 1040. The molecule has 0 aromatic heterocycles. The van der Waals surface area contributed by atoms with Crippen LogP contribution >= 0.6 is 0 Å². The number of benzene rings is 2. The molecule has 0 heterocycles. The number of nitrogens with zero attached hydrogens (tertiary/aromatic N) is 4. The molecule has 6 nitrogen and oxygen atoms in total. The van der Waals surface area contributed by atoms with Gasteiger partial charge >= 0.3 is 0 Å². The van der Waals surface area contributed by atoms with Crippen molar-refractivity contribution in [2.75, 3.05) is 28.2 Å². The molecule has 0 bridgehead atoms. The molecule has 0 radical (unpaired) electrons. The molecule has 2 amide bonds. The van der Waals surface area contributed by atoms with E-state index in [2.05, 4.69) is 27.7 Å². The van der Waals surface area contributed by atoms with E-state index in [1.54, 1.807) is 38.0 Å². The van der Waals surface area contributed by atoms with Crippen LogP contribution in [0.4, 0.5) is 11.4 Å². The van der Waals surface area contributed by atoms with E-state index in [1.807, 2.05) is 50.2 Å². The number of para-hydroxylation sites is 2. The lowest BCUT2D eigenvalue weighted by Crippen LogP contribution is -2.22. The van der Waals surface area contributed by atoms with Crippen LogP contribution in [0.2, 0.25) is 0 Å². The summed E-state index contributed by atoms with van der Waals surface area (Å²) < 4.78 is 0. The zero-order valence-electron chi connectivity index (χ0n) is 22.2. The van der Waals surface area contributed by atoms with Crippen molar-refractivity contribution in [2.45, 2.75) is 53.4 Å². The second-order valence-electron chi connectivity index (χ2n) is 9.59. The fraction of sp³-hybridized carbons (Fsp3) is 0.429. The highest BCUT2D eigenvalue weighted by molar-refractivity contribution is 6.41. The summed E-state index contributed by atoms with van der Waals surface area (Å²) in [4.78, 5) is 38.7. The first kappa shape index (κ1) is 27.0. The predicted molar refractivity (Wildman–Crippen MR) is 143 cm³/mol. The summed E-state index contributed by atoms with van der Waals surface area (Å²) in [5.41, 5.74) is 5.88. The Hall–Kier alpha value is -3.28. The van der Waals surface area contributed by atoms with E-state index in [0.717, 1.165) is 11.1 Å². The van der Waals surface area contributed by atoms with Gasteiger partial charge in [0.05, 0.1) is 33.9 Å². The summed E-state index contributed by atoms with van der Waals surface area (Å²) in [6.45, 7) is 12.1. The molecule has 0 saturated carbocycles. The molecule has 0 spiro atoms. The molecule has 6 heteroatoms. The summed E-state index contributed by atoms with van der Waals surface area (Å²) >= 11 is 0. The first-order valence-electron chi connectivity index (χ1n) is 11.7. The minimum Gasteiger partial charge on any atom is -0.345 e. The van der Waals surface area contributed by atoms with Crippen LogP contribution in [-0.2, 0) is 0 Å². The maximum Gasteiger partial charge on any atom is 0.255 e. The quantitative estimate of drug-likeness (QED) is 0.458. The third-order valence-corrected chi connectivity index (χ3v) is 5.73. The average molecular weight is 463 g/mol. The molecule has 2 aromatic carbocycles. The topological polar surface area (TPSA) is 65.3 Å². The van der Waals surface area contributed by atoms with Crippen molar-refractivity contribution in [3.8, 4) is 0 Å². The number of hydrogen-bond acceptors (Lipinski definition) is 4. The SMILES string of the molecule is CC(=Nc1c(C(=O)N(C)C)cccc1C(C)C)C(C)=Nc1c(C(=O)N(C)C)cccc1C(C)C. The molecule has 2 rings (SSSR count). The molecule has 0 aliphatic rings. The monoisotopic (exact) mass is 462 g/mol. The van der Waals surface area contributed by atoms with Gasteiger partial charge < -0.3 is 9.80 Å². The molecular weight excluding hydrogens is 424 g/mol. The maximum atomic E-state index is 12.9. The van der Waals surface area contributed by atoms with E-state index in [0.29, 0.717) is 33.9 Å². The zero-order chi connectivity index (χ0) is 25.7. The van der Waals surface area contributed by atoms with Crippen molar-refractivity contribution in [1.29, 1.82) is 0 Å². The smallest absolute Gasteiger partial charge is 0.255 e. The van der Waals surface area contributed by atoms with Crippen LogP contribution in [-0.4, -0.2) is 61.2 Å². The third kappa shape index (κ3) is 5.99. The average Bonchev–Trinajstić information content (AvgIpc) is 2.77. The third-order valence-electron chi connectivity index (χ3n) is 5.73. The van der Waals surface area contributed by atoms with Crippen molar-refractivity contribution < 1.29 is 9.59 Å². The molecule has 0 unspecified atom stereocenters. The van der Waals surface area contributed by atoms with Crippen molar-refractivity contribution >= 4 is 34.6 Å². The van der Waals surface area contributed by atoms with E-state index in [9.17, 15) is 9.59 Å². The zero-order valence-corrected chi connectivity index (χ0v) is 22.2. The lowest BCUT2D eigenvalue weighted by atomic mass is 9.96. The van der Waals surface area contributed by atoms with Gasteiger partial charge in [0.1, 0.15) is 0 Å². The Kier molecular flexibility index (Phi) is 8.91. The summed E-state index contributed by atoms with van der Waals surface area (Å²) in [6.07, 6.45) is 0. The highest BCUT2D eigenvalue weighted by Gasteiger charge is 2.20. The number of carbonyl (C=O) groups excluding carboxylic acids is 2. The van der Waals surface area contributed by atoms with Crippen molar-refractivity contribution in [3.63, 3.8) is 0 Å². The molecule has 0 aliphatic carbocycles. The minimum absolute atomic E-state index is 0.0901. The Morgan fingerprint density at radius 3 is 1.24 bits per heavy atom. The van der Waals surface area contributed by atoms with Crippen LogP contribution < -0.4 is 0 Å². The van der Waals surface area contributed by atoms with E-state index < -0.39 is 0 Å². The summed E-state index contributed by atoms with van der Waals surface area (Å²) in [6, 6.07) is 11.5. The van der Waals surface area contributed by atoms with Gasteiger partial charge in [-0.15, -0.1) is 0 Å². The second-order valence-corrected chi connectivity index (χ2v) is 9.59. The van der Waals surface area contributed by atoms with Crippen molar-refractivity contribution in [3.05, 3.63) is 58.7 Å². The standard InChI is InChI=1S/C28H38N4O2/c1-17(2)21-13-11-15-23(27(33)31(7)8)25(21)29-19(5)20(6)30-26-22(18(3)4)14-12-16-24(26)28(34)32(9)10/h11-18H,1-10H3. The Labute approximate surface area is 204 Å².